The van der Waals surface area contributed by atoms with Gasteiger partial charge in [0.25, 0.3) is 0 Å². The van der Waals surface area contributed by atoms with Crippen molar-refractivity contribution in [2.24, 2.45) is 0 Å². The highest BCUT2D eigenvalue weighted by Crippen LogP contribution is 2.31. The molecule has 2 aromatic rings. The summed E-state index contributed by atoms with van der Waals surface area (Å²) in [6.07, 6.45) is 2.99. The summed E-state index contributed by atoms with van der Waals surface area (Å²) in [5.41, 5.74) is 12.2. The lowest BCUT2D eigenvalue weighted by Crippen LogP contribution is -1.87. The fourth-order valence-electron chi connectivity index (χ4n) is 1.01. The Hall–Kier alpha value is -1.84. The number of hydrogen-bond acceptors (Lipinski definition) is 4. The van der Waals surface area contributed by atoms with Crippen molar-refractivity contribution in [3.63, 3.8) is 0 Å². The second-order valence-electron chi connectivity index (χ2n) is 2.41. The molecule has 0 aliphatic carbocycles. The second-order valence-corrected chi connectivity index (χ2v) is 2.41. The number of hydrogen-bond donors (Lipinski definition) is 2. The van der Waals surface area contributed by atoms with E-state index in [1.165, 1.54) is 12.5 Å². The Morgan fingerprint density at radius 2 is 1.25 bits per heavy atom. The van der Waals surface area contributed by atoms with Crippen molar-refractivity contribution in [2.75, 3.05) is 11.5 Å². The molecule has 4 heteroatoms. The molecule has 0 amide bonds. The van der Waals surface area contributed by atoms with E-state index in [9.17, 15) is 0 Å². The Morgan fingerprint density at radius 3 is 1.50 bits per heavy atom. The van der Waals surface area contributed by atoms with E-state index in [0.29, 0.717) is 22.9 Å². The van der Waals surface area contributed by atoms with Crippen LogP contribution in [0.25, 0.3) is 11.5 Å². The van der Waals surface area contributed by atoms with Crippen LogP contribution in [0.1, 0.15) is 0 Å². The van der Waals surface area contributed by atoms with E-state index in [0.717, 1.165) is 0 Å². The molecule has 2 rings (SSSR count). The maximum absolute atomic E-state index is 5.59. The molecule has 4 nitrogen and oxygen atoms in total. The van der Waals surface area contributed by atoms with Gasteiger partial charge in [-0.15, -0.1) is 0 Å². The van der Waals surface area contributed by atoms with Crippen molar-refractivity contribution in [2.45, 2.75) is 0 Å². The minimum absolute atomic E-state index is 0.484. The Morgan fingerprint density at radius 1 is 0.833 bits per heavy atom. The van der Waals surface area contributed by atoms with Gasteiger partial charge < -0.3 is 20.3 Å². The number of anilines is 2. The Balaban J connectivity index is 2.57. The average molecular weight is 164 g/mol. The quantitative estimate of drug-likeness (QED) is 0.672. The third kappa shape index (κ3) is 0.852. The predicted molar refractivity (Wildman–Crippen MR) is 45.2 cm³/mol. The summed E-state index contributed by atoms with van der Waals surface area (Å²) in [4.78, 5) is 0. The van der Waals surface area contributed by atoms with Gasteiger partial charge in [0.2, 0.25) is 0 Å². The molecule has 0 atom stereocenters. The van der Waals surface area contributed by atoms with Gasteiger partial charge in [-0.05, 0) is 0 Å². The van der Waals surface area contributed by atoms with E-state index >= 15 is 0 Å². The molecule has 12 heavy (non-hydrogen) atoms. The van der Waals surface area contributed by atoms with Gasteiger partial charge in [0.1, 0.15) is 0 Å². The number of nitrogens with two attached hydrogens (primary N) is 2. The maximum atomic E-state index is 5.59. The predicted octanol–water partition coefficient (Wildman–Crippen LogP) is 1.70. The molecule has 2 aromatic heterocycles. The van der Waals surface area contributed by atoms with E-state index < -0.39 is 0 Å². The van der Waals surface area contributed by atoms with Gasteiger partial charge >= 0.3 is 0 Å². The largest absolute Gasteiger partial charge is 0.459 e. The van der Waals surface area contributed by atoms with Gasteiger partial charge in [0, 0.05) is 12.1 Å². The fraction of sp³-hybridized carbons (Fsp3) is 0. The second kappa shape index (κ2) is 2.34. The normalized spacial score (nSPS) is 10.3. The van der Waals surface area contributed by atoms with Crippen molar-refractivity contribution in [3.8, 4) is 11.5 Å². The molecule has 0 bridgehead atoms. The zero-order chi connectivity index (χ0) is 8.55. The SMILES string of the molecule is Nc1ccoc1-c1occc1N. The van der Waals surface area contributed by atoms with Crippen molar-refractivity contribution in [1.29, 1.82) is 0 Å². The first-order valence-corrected chi connectivity index (χ1v) is 3.45. The van der Waals surface area contributed by atoms with E-state index in [2.05, 4.69) is 0 Å². The third-order valence-corrected chi connectivity index (χ3v) is 1.60. The molecule has 0 aliphatic heterocycles. The molecule has 0 fully saturated rings. The summed E-state index contributed by atoms with van der Waals surface area (Å²) in [6, 6.07) is 3.30. The maximum Gasteiger partial charge on any atom is 0.194 e. The lowest BCUT2D eigenvalue weighted by atomic mass is 10.3. The first-order chi connectivity index (χ1) is 5.79. The highest BCUT2D eigenvalue weighted by Gasteiger charge is 2.12. The molecule has 0 radical (unpaired) electrons. The van der Waals surface area contributed by atoms with E-state index in [-0.39, 0.29) is 0 Å². The molecule has 0 saturated carbocycles. The molecule has 0 saturated heterocycles. The van der Waals surface area contributed by atoms with Gasteiger partial charge in [-0.25, -0.2) is 0 Å². The smallest absolute Gasteiger partial charge is 0.194 e. The molecular formula is C8H8N2O2. The fourth-order valence-corrected chi connectivity index (χ4v) is 1.01. The first kappa shape index (κ1) is 6.84. The molecule has 0 unspecified atom stereocenters. The summed E-state index contributed by atoms with van der Waals surface area (Å²) in [6.45, 7) is 0. The summed E-state index contributed by atoms with van der Waals surface area (Å²) < 4.78 is 10.2. The molecule has 0 aromatic carbocycles. The van der Waals surface area contributed by atoms with E-state index in [1.807, 2.05) is 0 Å². The number of nitrogen functional groups attached to an aromatic ring is 2. The molecule has 62 valence electrons. The number of furan rings is 2. The van der Waals surface area contributed by atoms with Crippen LogP contribution in [-0.2, 0) is 0 Å². The third-order valence-electron chi connectivity index (χ3n) is 1.60. The van der Waals surface area contributed by atoms with Crippen LogP contribution in [0.5, 0.6) is 0 Å². The van der Waals surface area contributed by atoms with Crippen LogP contribution in [0, 0.1) is 0 Å². The topological polar surface area (TPSA) is 78.3 Å². The molecule has 0 aliphatic rings. The van der Waals surface area contributed by atoms with Crippen LogP contribution in [-0.4, -0.2) is 0 Å². The van der Waals surface area contributed by atoms with Crippen LogP contribution >= 0.6 is 0 Å². The van der Waals surface area contributed by atoms with Gasteiger partial charge in [-0.2, -0.15) is 0 Å². The van der Waals surface area contributed by atoms with Crippen molar-refractivity contribution in [3.05, 3.63) is 24.7 Å². The van der Waals surface area contributed by atoms with Crippen LogP contribution < -0.4 is 11.5 Å². The zero-order valence-corrected chi connectivity index (χ0v) is 6.28. The highest BCUT2D eigenvalue weighted by molar-refractivity contribution is 5.75. The first-order valence-electron chi connectivity index (χ1n) is 3.45. The minimum Gasteiger partial charge on any atom is -0.459 e. The monoisotopic (exact) mass is 164 g/mol. The summed E-state index contributed by atoms with van der Waals surface area (Å²) in [7, 11) is 0. The lowest BCUT2D eigenvalue weighted by molar-refractivity contribution is 0.526. The Kier molecular flexibility index (Phi) is 1.33. The molecular weight excluding hydrogens is 156 g/mol. The highest BCUT2D eigenvalue weighted by atomic mass is 16.4. The van der Waals surface area contributed by atoms with E-state index in [4.69, 9.17) is 20.3 Å². The minimum atomic E-state index is 0.484. The molecule has 0 spiro atoms. The van der Waals surface area contributed by atoms with Crippen LogP contribution in [0.2, 0.25) is 0 Å². The van der Waals surface area contributed by atoms with Gasteiger partial charge in [0.15, 0.2) is 11.5 Å². The van der Waals surface area contributed by atoms with Crippen molar-refractivity contribution in [1.82, 2.24) is 0 Å². The van der Waals surface area contributed by atoms with Crippen molar-refractivity contribution < 1.29 is 8.83 Å². The van der Waals surface area contributed by atoms with Gasteiger partial charge in [0.05, 0.1) is 23.9 Å². The van der Waals surface area contributed by atoms with Crippen LogP contribution in [0.3, 0.4) is 0 Å². The summed E-state index contributed by atoms with van der Waals surface area (Å²) in [5, 5.41) is 0. The average Bonchev–Trinajstić information content (AvgIpc) is 2.59. The summed E-state index contributed by atoms with van der Waals surface area (Å²) in [5.74, 6) is 0.968. The summed E-state index contributed by atoms with van der Waals surface area (Å²) >= 11 is 0. The molecule has 4 N–H and O–H groups in total. The number of rotatable bonds is 1. The van der Waals surface area contributed by atoms with Crippen LogP contribution in [0.4, 0.5) is 11.4 Å². The lowest BCUT2D eigenvalue weighted by Gasteiger charge is -1.93. The Labute approximate surface area is 68.8 Å². The van der Waals surface area contributed by atoms with Gasteiger partial charge in [-0.1, -0.05) is 0 Å². The van der Waals surface area contributed by atoms with Gasteiger partial charge in [-0.3, -0.25) is 0 Å². The van der Waals surface area contributed by atoms with Crippen LogP contribution in [0.15, 0.2) is 33.5 Å². The van der Waals surface area contributed by atoms with Crippen molar-refractivity contribution >= 4 is 11.4 Å². The van der Waals surface area contributed by atoms with E-state index in [1.54, 1.807) is 12.1 Å². The molecule has 2 heterocycles. The standard InChI is InChI=1S/C8H8N2O2/c9-5-1-3-11-7(5)8-6(10)2-4-12-8/h1-4H,9-10H2. The zero-order valence-electron chi connectivity index (χ0n) is 6.28. The Bertz CT molecular complexity index is 351.